The Morgan fingerprint density at radius 2 is 1.87 bits per heavy atom. The summed E-state index contributed by atoms with van der Waals surface area (Å²) in [5.41, 5.74) is 4.67. The summed E-state index contributed by atoms with van der Waals surface area (Å²) < 4.78 is 5.96. The molecule has 39 heavy (non-hydrogen) atoms. The topological polar surface area (TPSA) is 114 Å². The van der Waals surface area contributed by atoms with Gasteiger partial charge < -0.3 is 14.6 Å². The van der Waals surface area contributed by atoms with Crippen molar-refractivity contribution >= 4 is 51.4 Å². The van der Waals surface area contributed by atoms with E-state index in [2.05, 4.69) is 29.5 Å². The number of thiocarbonyl (C=S) groups is 1. The predicted molar refractivity (Wildman–Crippen MR) is 156 cm³/mol. The van der Waals surface area contributed by atoms with Crippen molar-refractivity contribution in [1.82, 2.24) is 10.3 Å². The normalized spacial score (nSPS) is 13.5. The maximum absolute atomic E-state index is 12.9. The number of benzene rings is 3. The molecule has 0 aliphatic carbocycles. The SMILES string of the molecule is CC(C)c1ccc2oc(-c3cccc(NC(=S)NC(=O)c4ccc(N5CCCCC5)c([N+](=O)[O-])c4)c3)nc2c1. The maximum atomic E-state index is 12.9. The van der Waals surface area contributed by atoms with Gasteiger partial charge in [-0.15, -0.1) is 0 Å². The van der Waals surface area contributed by atoms with Gasteiger partial charge in [-0.3, -0.25) is 20.2 Å². The summed E-state index contributed by atoms with van der Waals surface area (Å²) in [6.07, 6.45) is 3.10. The van der Waals surface area contributed by atoms with Crippen molar-refractivity contribution in [3.8, 4) is 11.5 Å². The van der Waals surface area contributed by atoms with Gasteiger partial charge >= 0.3 is 0 Å². The van der Waals surface area contributed by atoms with E-state index in [1.54, 1.807) is 18.2 Å². The first kappa shape index (κ1) is 26.3. The Hall–Kier alpha value is -4.31. The Labute approximate surface area is 231 Å². The highest BCUT2D eigenvalue weighted by Crippen LogP contribution is 2.32. The van der Waals surface area contributed by atoms with E-state index in [1.165, 1.54) is 11.6 Å². The van der Waals surface area contributed by atoms with E-state index in [1.807, 2.05) is 41.3 Å². The second kappa shape index (κ2) is 11.2. The van der Waals surface area contributed by atoms with E-state index in [0.29, 0.717) is 28.8 Å². The van der Waals surface area contributed by atoms with E-state index in [9.17, 15) is 14.9 Å². The van der Waals surface area contributed by atoms with E-state index in [4.69, 9.17) is 16.6 Å². The number of piperidine rings is 1. The molecule has 1 saturated heterocycles. The van der Waals surface area contributed by atoms with E-state index < -0.39 is 10.8 Å². The molecule has 2 N–H and O–H groups in total. The number of fused-ring (bicyclic) bond motifs is 1. The van der Waals surface area contributed by atoms with Crippen LogP contribution in [0.3, 0.4) is 0 Å². The number of hydrogen-bond donors (Lipinski definition) is 2. The molecule has 0 saturated carbocycles. The van der Waals surface area contributed by atoms with Gasteiger partial charge in [-0.1, -0.05) is 26.0 Å². The van der Waals surface area contributed by atoms with Gasteiger partial charge in [-0.2, -0.15) is 0 Å². The molecule has 4 aromatic rings. The lowest BCUT2D eigenvalue weighted by atomic mass is 10.0. The zero-order chi connectivity index (χ0) is 27.5. The van der Waals surface area contributed by atoms with Gasteiger partial charge in [0.1, 0.15) is 11.2 Å². The van der Waals surface area contributed by atoms with Gasteiger partial charge in [0.15, 0.2) is 10.7 Å². The Morgan fingerprint density at radius 1 is 1.08 bits per heavy atom. The molecule has 0 bridgehead atoms. The number of nitro benzene ring substituents is 1. The maximum Gasteiger partial charge on any atom is 0.293 e. The number of amides is 1. The molecule has 0 unspecified atom stereocenters. The molecule has 200 valence electrons. The van der Waals surface area contributed by atoms with Crippen molar-refractivity contribution in [2.75, 3.05) is 23.3 Å². The fourth-order valence-corrected chi connectivity index (χ4v) is 4.92. The third-order valence-corrected chi connectivity index (χ3v) is 7.01. The van der Waals surface area contributed by atoms with E-state index in [-0.39, 0.29) is 16.4 Å². The quantitative estimate of drug-likeness (QED) is 0.158. The first-order chi connectivity index (χ1) is 18.8. The summed E-state index contributed by atoms with van der Waals surface area (Å²) in [5.74, 6) is 0.333. The van der Waals surface area contributed by atoms with Crippen LogP contribution in [0.25, 0.3) is 22.6 Å². The number of carbonyl (C=O) groups excluding carboxylic acids is 1. The van der Waals surface area contributed by atoms with Crippen LogP contribution in [0.4, 0.5) is 17.1 Å². The molecule has 1 aromatic heterocycles. The summed E-state index contributed by atoms with van der Waals surface area (Å²) in [7, 11) is 0. The molecule has 1 amide bonds. The number of nitrogens with one attached hydrogen (secondary N) is 2. The molecule has 0 atom stereocenters. The van der Waals surface area contributed by atoms with Crippen molar-refractivity contribution < 1.29 is 14.1 Å². The van der Waals surface area contributed by atoms with Gasteiger partial charge in [0.2, 0.25) is 5.89 Å². The van der Waals surface area contributed by atoms with Crippen LogP contribution in [0.2, 0.25) is 0 Å². The number of aromatic nitrogens is 1. The number of oxazole rings is 1. The Kier molecular flexibility index (Phi) is 7.56. The number of anilines is 2. The second-order valence-corrected chi connectivity index (χ2v) is 10.3. The third kappa shape index (κ3) is 5.91. The molecule has 9 nitrogen and oxygen atoms in total. The first-order valence-electron chi connectivity index (χ1n) is 12.9. The molecular formula is C29H29N5O4S. The summed E-state index contributed by atoms with van der Waals surface area (Å²) >= 11 is 5.35. The predicted octanol–water partition coefficient (Wildman–Crippen LogP) is 6.64. The molecular weight excluding hydrogens is 514 g/mol. The van der Waals surface area contributed by atoms with Crippen LogP contribution in [-0.4, -0.2) is 34.0 Å². The van der Waals surface area contributed by atoms with Crippen LogP contribution >= 0.6 is 12.2 Å². The number of nitro groups is 1. The monoisotopic (exact) mass is 543 g/mol. The number of hydrogen-bond acceptors (Lipinski definition) is 7. The van der Waals surface area contributed by atoms with E-state index >= 15 is 0 Å². The molecule has 10 heteroatoms. The van der Waals surface area contributed by atoms with Crippen LogP contribution in [-0.2, 0) is 0 Å². The summed E-state index contributed by atoms with van der Waals surface area (Å²) in [4.78, 5) is 30.8. The second-order valence-electron chi connectivity index (χ2n) is 9.90. The minimum absolute atomic E-state index is 0.0686. The van der Waals surface area contributed by atoms with Gasteiger partial charge in [0.25, 0.3) is 11.6 Å². The molecule has 1 aliphatic heterocycles. The van der Waals surface area contributed by atoms with Crippen molar-refractivity contribution in [2.24, 2.45) is 0 Å². The molecule has 3 aromatic carbocycles. The fourth-order valence-electron chi connectivity index (χ4n) is 4.71. The molecule has 2 heterocycles. The van der Waals surface area contributed by atoms with Crippen LogP contribution < -0.4 is 15.5 Å². The minimum atomic E-state index is -0.531. The molecule has 5 rings (SSSR count). The highest BCUT2D eigenvalue weighted by molar-refractivity contribution is 7.80. The van der Waals surface area contributed by atoms with Crippen molar-refractivity contribution in [1.29, 1.82) is 0 Å². The number of rotatable bonds is 6. The largest absolute Gasteiger partial charge is 0.436 e. The highest BCUT2D eigenvalue weighted by atomic mass is 32.1. The number of carbonyl (C=O) groups is 1. The Bertz CT molecular complexity index is 1560. The molecule has 1 fully saturated rings. The summed E-state index contributed by atoms with van der Waals surface area (Å²) in [6, 6.07) is 17.9. The summed E-state index contributed by atoms with van der Waals surface area (Å²) in [5, 5.41) is 17.4. The minimum Gasteiger partial charge on any atom is -0.436 e. The Morgan fingerprint density at radius 3 is 2.62 bits per heavy atom. The molecule has 1 aliphatic rings. The van der Waals surface area contributed by atoms with Gasteiger partial charge in [-0.25, -0.2) is 4.98 Å². The smallest absolute Gasteiger partial charge is 0.293 e. The van der Waals surface area contributed by atoms with Gasteiger partial charge in [0.05, 0.1) is 4.92 Å². The molecule has 0 radical (unpaired) electrons. The van der Waals surface area contributed by atoms with Gasteiger partial charge in [0, 0.05) is 36.0 Å². The lowest BCUT2D eigenvalue weighted by molar-refractivity contribution is -0.384. The summed E-state index contributed by atoms with van der Waals surface area (Å²) in [6.45, 7) is 5.79. The van der Waals surface area contributed by atoms with Gasteiger partial charge in [-0.05, 0) is 85.4 Å². The fraction of sp³-hybridized carbons (Fsp3) is 0.276. The van der Waals surface area contributed by atoms with Crippen LogP contribution in [0.15, 0.2) is 65.1 Å². The lowest BCUT2D eigenvalue weighted by Gasteiger charge is -2.28. The Balaban J connectivity index is 1.28. The third-order valence-electron chi connectivity index (χ3n) is 6.80. The zero-order valence-corrected chi connectivity index (χ0v) is 22.6. The zero-order valence-electron chi connectivity index (χ0n) is 21.8. The van der Waals surface area contributed by atoms with Crippen molar-refractivity contribution in [3.05, 3.63) is 81.9 Å². The lowest BCUT2D eigenvalue weighted by Crippen LogP contribution is -2.34. The highest BCUT2D eigenvalue weighted by Gasteiger charge is 2.23. The van der Waals surface area contributed by atoms with Crippen molar-refractivity contribution in [3.63, 3.8) is 0 Å². The van der Waals surface area contributed by atoms with Crippen LogP contribution in [0.5, 0.6) is 0 Å². The molecule has 0 spiro atoms. The first-order valence-corrected chi connectivity index (χ1v) is 13.4. The van der Waals surface area contributed by atoms with Crippen LogP contribution in [0, 0.1) is 10.1 Å². The van der Waals surface area contributed by atoms with E-state index in [0.717, 1.165) is 43.4 Å². The van der Waals surface area contributed by atoms with Crippen molar-refractivity contribution in [2.45, 2.75) is 39.0 Å². The van der Waals surface area contributed by atoms with Crippen LogP contribution in [0.1, 0.15) is 54.9 Å². The average molecular weight is 544 g/mol. The average Bonchev–Trinajstić information content (AvgIpc) is 3.37. The standard InChI is InChI=1S/C29H29N5O4S/c1-18(2)19-10-12-26-23(16-19)31-28(38-26)21-7-6-8-22(15-21)30-29(39)32-27(35)20-9-11-24(25(17-20)34(36)37)33-13-4-3-5-14-33/h6-12,15-18H,3-5,13-14H2,1-2H3,(H2,30,32,35,39). The number of nitrogens with zero attached hydrogens (tertiary/aromatic N) is 3.